The van der Waals surface area contributed by atoms with Gasteiger partial charge in [0.15, 0.2) is 0 Å². The van der Waals surface area contributed by atoms with Crippen molar-refractivity contribution >= 4 is 34.3 Å². The number of H-pyrrole nitrogens is 3. The second-order valence-corrected chi connectivity index (χ2v) is 34.5. The van der Waals surface area contributed by atoms with Crippen LogP contribution in [0.5, 0.6) is 0 Å². The van der Waals surface area contributed by atoms with Crippen LogP contribution in [0.1, 0.15) is 130 Å². The minimum atomic E-state index is -5.46. The van der Waals surface area contributed by atoms with Crippen LogP contribution in [0.25, 0.3) is 0 Å². The minimum absolute atomic E-state index is 0.0139. The molecule has 4 aliphatic rings. The molecule has 0 radical (unpaired) electrons. The highest BCUT2D eigenvalue weighted by Gasteiger charge is 2.56. The third-order valence-corrected chi connectivity index (χ3v) is 26.5. The van der Waals surface area contributed by atoms with Crippen LogP contribution in [0.2, 0.25) is 5.04 Å². The van der Waals surface area contributed by atoms with Crippen LogP contribution in [0, 0.1) is 20.8 Å². The molecule has 3 aromatic heterocycles. The van der Waals surface area contributed by atoms with Crippen molar-refractivity contribution in [2.24, 2.45) is 0 Å². The lowest BCUT2D eigenvalue weighted by atomic mass is 10.0. The number of phosphoric ester groups is 2. The monoisotopic (exact) mass is 1530 g/mol. The van der Waals surface area contributed by atoms with Gasteiger partial charge >= 0.3 is 32.7 Å². The van der Waals surface area contributed by atoms with E-state index in [1.165, 1.54) is 76.3 Å². The van der Waals surface area contributed by atoms with E-state index in [1.54, 1.807) is 6.92 Å². The SMILES string of the molecule is CCN(CC)CC.CCN(CC)CC.Cc1cn([C@H]2C[C@H](O[Si](c3ccccc3)(c3ccccc3)C(C)(C)C)[C@@H]([C@H](C/C=C/CCN3CCNCCNCCNCC3)OP(=O)(O)O[C@H]3C[C@H](n4cc(C)c(=O)[nH]c4=O)O[C@@H]3COP(=O)(O)O[C@H]3C[C@H](n4cc(C)c(=O)[nH]c4=O)O[C@@H]3CO)O2)c(=O)[nH]c1=O. The largest absolute Gasteiger partial charge is 0.472 e. The molecule has 31 nitrogen and oxygen atoms in total. The van der Waals surface area contributed by atoms with Gasteiger partial charge in [0, 0.05) is 113 Å². The highest BCUT2D eigenvalue weighted by Crippen LogP contribution is 2.54. The van der Waals surface area contributed by atoms with E-state index in [0.29, 0.717) is 13.0 Å². The van der Waals surface area contributed by atoms with Crippen molar-refractivity contribution in [3.63, 3.8) is 0 Å². The van der Waals surface area contributed by atoms with E-state index in [2.05, 4.69) is 108 Å². The van der Waals surface area contributed by atoms with Gasteiger partial charge in [0.25, 0.3) is 25.0 Å². The molecule has 0 amide bonds. The predicted octanol–water partition coefficient (Wildman–Crippen LogP) is 3.85. The molecular formula is C71H114N12O19P2Si. The summed E-state index contributed by atoms with van der Waals surface area (Å²) in [5.74, 6) is 0. The number of aliphatic hydroxyl groups excluding tert-OH is 1. The summed E-state index contributed by atoms with van der Waals surface area (Å²) in [5.41, 5.74) is -3.97. The highest BCUT2D eigenvalue weighted by molar-refractivity contribution is 7.47. The van der Waals surface area contributed by atoms with E-state index >= 15 is 4.57 Å². The zero-order valence-corrected chi connectivity index (χ0v) is 65.7. The van der Waals surface area contributed by atoms with Gasteiger partial charge in [-0.05, 0) is 88.3 Å². The first-order valence-corrected chi connectivity index (χ1v) is 41.6. The number of nitrogens with zero attached hydrogens (tertiary/aromatic N) is 6. The van der Waals surface area contributed by atoms with Crippen molar-refractivity contribution in [1.29, 1.82) is 0 Å². The fourth-order valence-electron chi connectivity index (χ4n) is 13.3. The molecule has 4 aliphatic heterocycles. The van der Waals surface area contributed by atoms with Crippen molar-refractivity contribution < 1.29 is 60.8 Å². The Morgan fingerprint density at radius 3 is 1.39 bits per heavy atom. The number of hydrogen-bond acceptors (Lipinski definition) is 23. The Morgan fingerprint density at radius 2 is 0.971 bits per heavy atom. The predicted molar refractivity (Wildman–Crippen MR) is 404 cm³/mol. The van der Waals surface area contributed by atoms with E-state index in [1.807, 2.05) is 72.8 Å². The van der Waals surface area contributed by atoms with Gasteiger partial charge in [-0.25, -0.2) is 23.5 Å². The number of aromatic amines is 3. The first-order valence-electron chi connectivity index (χ1n) is 36.7. The molecule has 2 unspecified atom stereocenters. The normalized spacial score (nSPS) is 23.8. The Balaban J connectivity index is 0.000000998. The number of aromatic nitrogens is 6. The molecule has 5 aromatic rings. The Hall–Kier alpha value is -5.78. The van der Waals surface area contributed by atoms with Gasteiger partial charge < -0.3 is 64.2 Å². The lowest BCUT2D eigenvalue weighted by molar-refractivity contribution is -0.0843. The molecule has 34 heteroatoms. The van der Waals surface area contributed by atoms with Crippen molar-refractivity contribution in [1.82, 2.24) is 59.3 Å². The summed E-state index contributed by atoms with van der Waals surface area (Å²) in [6.07, 6.45) is -5.69. The topological polar surface area (TPSA) is 379 Å². The summed E-state index contributed by atoms with van der Waals surface area (Å²) < 4.78 is 82.6. The lowest BCUT2D eigenvalue weighted by Gasteiger charge is -2.45. The lowest BCUT2D eigenvalue weighted by Crippen LogP contribution is -2.68. The Bertz CT molecular complexity index is 3920. The van der Waals surface area contributed by atoms with Crippen molar-refractivity contribution in [2.45, 2.75) is 182 Å². The van der Waals surface area contributed by atoms with Crippen LogP contribution < -0.4 is 60.1 Å². The maximum atomic E-state index is 15.2. The standard InChI is InChI=1S/C59H84N10O19P2Si.2C6H15N/c1-38-33-67(56(74)63-53(38)71)49-30-44(47(36-70)82-49)86-89(77,78)81-37-48-45(31-50(83-48)68-34-39(2)54(72)64-57(68)75)87-90(79,80)85-43(20-14-9-15-27-66-28-25-61-23-21-60-22-24-62-26-29-66)52-46(32-51(84-52)69-35-40(3)55(73)65-58(69)76)88-91(59(4,5)6,41-16-10-7-11-17-41)42-18-12-8-13-19-42;2*1-4-7(5-2)6-3/h7-14,16-19,33-35,43-52,60-62,70H,15,20-32,36-37H2,1-6H3,(H,77,78)(H,79,80)(H,63,71,74)(H,64,72,75)(H,65,73,76);2*4-6H2,1-3H3/b14-9+;;/t43-,44-,45-,46-,47+,48+,49+,50+,51+,52+;;/m0../s1. The molecule has 4 fully saturated rings. The molecule has 0 aliphatic carbocycles. The Morgan fingerprint density at radius 1 is 0.571 bits per heavy atom. The number of benzene rings is 2. The fraction of sp³-hybridized carbons (Fsp3) is 0.634. The van der Waals surface area contributed by atoms with Crippen LogP contribution in [0.4, 0.5) is 0 Å². The third-order valence-electron chi connectivity index (χ3n) is 19.3. The zero-order chi connectivity index (χ0) is 76.7. The molecule has 9 rings (SSSR count). The number of nitrogens with one attached hydrogen (secondary N) is 6. The second kappa shape index (κ2) is 41.1. The number of rotatable bonds is 29. The van der Waals surface area contributed by atoms with E-state index in [4.69, 9.17) is 36.7 Å². The number of phosphoric acid groups is 2. The van der Waals surface area contributed by atoms with E-state index in [0.717, 1.165) is 71.9 Å². The van der Waals surface area contributed by atoms with Crippen LogP contribution in [-0.2, 0) is 45.9 Å². The van der Waals surface area contributed by atoms with E-state index < -0.39 is 144 Å². The Kier molecular flexibility index (Phi) is 33.9. The summed E-state index contributed by atoms with van der Waals surface area (Å²) in [6, 6.07) is 19.5. The van der Waals surface area contributed by atoms with Crippen LogP contribution in [-0.4, -0.2) is 221 Å². The zero-order valence-electron chi connectivity index (χ0n) is 62.9. The van der Waals surface area contributed by atoms with Gasteiger partial charge in [-0.1, -0.05) is 135 Å². The highest BCUT2D eigenvalue weighted by atomic mass is 31.2. The van der Waals surface area contributed by atoms with Gasteiger partial charge in [-0.3, -0.25) is 61.1 Å². The second-order valence-electron chi connectivity index (χ2n) is 27.4. The molecule has 105 heavy (non-hydrogen) atoms. The maximum Gasteiger partial charge on any atom is 0.472 e. The third kappa shape index (κ3) is 24.4. The summed E-state index contributed by atoms with van der Waals surface area (Å²) >= 11 is 0. The molecular weight excluding hydrogens is 1410 g/mol. The minimum Gasteiger partial charge on any atom is -0.402 e. The van der Waals surface area contributed by atoms with E-state index in [9.17, 15) is 48.2 Å². The number of aliphatic hydroxyl groups is 1. The molecule has 12 atom stereocenters. The fourth-order valence-corrected chi connectivity index (χ4v) is 20.2. The molecule has 2 aromatic carbocycles. The number of ether oxygens (including phenoxy) is 3. The molecule has 0 bridgehead atoms. The molecule has 0 saturated carbocycles. The summed E-state index contributed by atoms with van der Waals surface area (Å²) in [4.78, 5) is 115. The van der Waals surface area contributed by atoms with E-state index in [-0.39, 0.29) is 36.0 Å². The number of hydrogen-bond donors (Lipinski definition) is 9. The van der Waals surface area contributed by atoms with Crippen molar-refractivity contribution in [2.75, 3.05) is 111 Å². The maximum absolute atomic E-state index is 15.2. The molecule has 7 heterocycles. The number of aryl methyl sites for hydroxylation is 3. The van der Waals surface area contributed by atoms with Crippen molar-refractivity contribution in [3.8, 4) is 0 Å². The van der Waals surface area contributed by atoms with Gasteiger partial charge in [0.2, 0.25) is 0 Å². The molecule has 0 spiro atoms. The molecule has 9 N–H and O–H groups in total. The molecule has 4 saturated heterocycles. The Labute approximate surface area is 615 Å². The van der Waals surface area contributed by atoms with Crippen molar-refractivity contribution in [3.05, 3.63) is 171 Å². The van der Waals surface area contributed by atoms with Crippen LogP contribution in [0.15, 0.2) is 120 Å². The van der Waals surface area contributed by atoms with Crippen LogP contribution in [0.3, 0.4) is 0 Å². The quantitative estimate of drug-likeness (QED) is 0.0186. The summed E-state index contributed by atoms with van der Waals surface area (Å²) in [5, 5.41) is 21.8. The smallest absolute Gasteiger partial charge is 0.402 e. The average molecular weight is 1530 g/mol. The van der Waals surface area contributed by atoms with Gasteiger partial charge in [0.05, 0.1) is 19.3 Å². The van der Waals surface area contributed by atoms with Crippen LogP contribution >= 0.6 is 15.6 Å². The van der Waals surface area contributed by atoms with Gasteiger partial charge in [-0.15, -0.1) is 0 Å². The van der Waals surface area contributed by atoms with Gasteiger partial charge in [-0.2, -0.15) is 0 Å². The summed E-state index contributed by atoms with van der Waals surface area (Å²) in [6.45, 7) is 36.4. The average Bonchev–Trinajstić information content (AvgIpc) is 1.66. The summed E-state index contributed by atoms with van der Waals surface area (Å²) in [7, 11) is -14.2. The molecule has 586 valence electrons. The first-order chi connectivity index (χ1) is 50.0. The van der Waals surface area contributed by atoms with Gasteiger partial charge in [0.1, 0.15) is 55.3 Å². The first kappa shape index (κ1) is 86.5.